The fourth-order valence-electron chi connectivity index (χ4n) is 1.62. The molecule has 1 N–H and O–H groups in total. The van der Waals surface area contributed by atoms with Crippen LogP contribution in [-0.4, -0.2) is 34.0 Å². The summed E-state index contributed by atoms with van der Waals surface area (Å²) in [6.45, 7) is 2.53. The SMILES string of the molecule is Cn1cnc(CNCC2CCCO2)n1. The van der Waals surface area contributed by atoms with Gasteiger partial charge in [0.1, 0.15) is 6.33 Å². The first-order valence-electron chi connectivity index (χ1n) is 5.01. The average molecular weight is 196 g/mol. The Morgan fingerprint density at radius 3 is 3.29 bits per heavy atom. The highest BCUT2D eigenvalue weighted by Gasteiger charge is 2.14. The van der Waals surface area contributed by atoms with Crippen molar-refractivity contribution in [2.75, 3.05) is 13.2 Å². The van der Waals surface area contributed by atoms with Gasteiger partial charge in [0, 0.05) is 20.2 Å². The first-order valence-corrected chi connectivity index (χ1v) is 5.01. The van der Waals surface area contributed by atoms with E-state index in [4.69, 9.17) is 4.74 Å². The van der Waals surface area contributed by atoms with E-state index in [1.165, 1.54) is 12.8 Å². The Balaban J connectivity index is 1.67. The van der Waals surface area contributed by atoms with E-state index in [0.29, 0.717) is 6.10 Å². The Morgan fingerprint density at radius 2 is 2.64 bits per heavy atom. The summed E-state index contributed by atoms with van der Waals surface area (Å²) in [6, 6.07) is 0. The minimum absolute atomic E-state index is 0.388. The topological polar surface area (TPSA) is 52.0 Å². The molecule has 0 bridgehead atoms. The third-order valence-corrected chi connectivity index (χ3v) is 2.33. The van der Waals surface area contributed by atoms with E-state index in [0.717, 1.165) is 25.5 Å². The molecule has 0 aromatic carbocycles. The van der Waals surface area contributed by atoms with Crippen molar-refractivity contribution in [1.82, 2.24) is 20.1 Å². The van der Waals surface area contributed by atoms with Gasteiger partial charge in [0.25, 0.3) is 0 Å². The van der Waals surface area contributed by atoms with E-state index in [1.807, 2.05) is 7.05 Å². The third-order valence-electron chi connectivity index (χ3n) is 2.33. The second-order valence-corrected chi connectivity index (χ2v) is 3.60. The fourth-order valence-corrected chi connectivity index (χ4v) is 1.62. The van der Waals surface area contributed by atoms with Crippen LogP contribution in [0.15, 0.2) is 6.33 Å². The van der Waals surface area contributed by atoms with E-state index >= 15 is 0 Å². The van der Waals surface area contributed by atoms with Crippen LogP contribution in [0.5, 0.6) is 0 Å². The third kappa shape index (κ3) is 2.52. The summed E-state index contributed by atoms with van der Waals surface area (Å²) in [5.41, 5.74) is 0. The molecule has 1 aliphatic heterocycles. The van der Waals surface area contributed by atoms with E-state index in [-0.39, 0.29) is 0 Å². The lowest BCUT2D eigenvalue weighted by Crippen LogP contribution is -2.26. The van der Waals surface area contributed by atoms with Crippen LogP contribution in [0.2, 0.25) is 0 Å². The van der Waals surface area contributed by atoms with Crippen molar-refractivity contribution in [3.8, 4) is 0 Å². The molecule has 5 heteroatoms. The predicted octanol–water partition coefficient (Wildman–Crippen LogP) is 0.0837. The lowest BCUT2D eigenvalue weighted by Gasteiger charge is -2.08. The summed E-state index contributed by atoms with van der Waals surface area (Å²) in [4.78, 5) is 4.13. The molecule has 2 rings (SSSR count). The minimum Gasteiger partial charge on any atom is -0.377 e. The Labute approximate surface area is 83.5 Å². The van der Waals surface area contributed by atoms with Gasteiger partial charge in [0.15, 0.2) is 5.82 Å². The minimum atomic E-state index is 0.388. The molecule has 1 aliphatic rings. The molecule has 0 amide bonds. The zero-order valence-corrected chi connectivity index (χ0v) is 8.44. The molecular weight excluding hydrogens is 180 g/mol. The van der Waals surface area contributed by atoms with Crippen LogP contribution >= 0.6 is 0 Å². The molecule has 0 spiro atoms. The van der Waals surface area contributed by atoms with Crippen molar-refractivity contribution in [1.29, 1.82) is 0 Å². The molecule has 5 nitrogen and oxygen atoms in total. The molecule has 1 aromatic rings. The quantitative estimate of drug-likeness (QED) is 0.741. The Morgan fingerprint density at radius 1 is 1.71 bits per heavy atom. The van der Waals surface area contributed by atoms with Crippen molar-refractivity contribution in [3.63, 3.8) is 0 Å². The van der Waals surface area contributed by atoms with Crippen LogP contribution in [0, 0.1) is 0 Å². The standard InChI is InChI=1S/C9H16N4O/c1-13-7-11-9(12-13)6-10-5-8-3-2-4-14-8/h7-8,10H,2-6H2,1H3. The fraction of sp³-hybridized carbons (Fsp3) is 0.778. The first-order chi connectivity index (χ1) is 6.84. The van der Waals surface area contributed by atoms with Gasteiger partial charge < -0.3 is 10.1 Å². The van der Waals surface area contributed by atoms with Crippen molar-refractivity contribution in [3.05, 3.63) is 12.2 Å². The second kappa shape index (κ2) is 4.52. The molecule has 1 saturated heterocycles. The highest BCUT2D eigenvalue weighted by molar-refractivity contribution is 4.80. The maximum atomic E-state index is 5.49. The van der Waals surface area contributed by atoms with Gasteiger partial charge in [-0.2, -0.15) is 5.10 Å². The zero-order chi connectivity index (χ0) is 9.80. The lowest BCUT2D eigenvalue weighted by atomic mass is 10.2. The van der Waals surface area contributed by atoms with Crippen LogP contribution < -0.4 is 5.32 Å². The van der Waals surface area contributed by atoms with Crippen LogP contribution in [0.3, 0.4) is 0 Å². The largest absolute Gasteiger partial charge is 0.377 e. The molecule has 0 saturated carbocycles. The predicted molar refractivity (Wildman–Crippen MR) is 51.7 cm³/mol. The molecule has 78 valence electrons. The van der Waals surface area contributed by atoms with E-state index < -0.39 is 0 Å². The van der Waals surface area contributed by atoms with Gasteiger partial charge in [0.2, 0.25) is 0 Å². The van der Waals surface area contributed by atoms with E-state index in [9.17, 15) is 0 Å². The summed E-state index contributed by atoms with van der Waals surface area (Å²) in [7, 11) is 1.87. The number of ether oxygens (including phenoxy) is 1. The number of aromatic nitrogens is 3. The van der Waals surface area contributed by atoms with Crippen molar-refractivity contribution in [2.45, 2.75) is 25.5 Å². The zero-order valence-electron chi connectivity index (χ0n) is 8.44. The van der Waals surface area contributed by atoms with Gasteiger partial charge in [-0.25, -0.2) is 4.98 Å². The Kier molecular flexibility index (Phi) is 3.10. The lowest BCUT2D eigenvalue weighted by molar-refractivity contribution is 0.110. The second-order valence-electron chi connectivity index (χ2n) is 3.60. The first kappa shape index (κ1) is 9.61. The molecule has 0 aliphatic carbocycles. The number of nitrogens with zero attached hydrogens (tertiary/aromatic N) is 3. The van der Waals surface area contributed by atoms with Gasteiger partial charge in [-0.3, -0.25) is 4.68 Å². The molecule has 14 heavy (non-hydrogen) atoms. The summed E-state index contributed by atoms with van der Waals surface area (Å²) >= 11 is 0. The molecule has 1 unspecified atom stereocenters. The summed E-state index contributed by atoms with van der Waals surface area (Å²) in [6.07, 6.45) is 4.46. The van der Waals surface area contributed by atoms with Crippen molar-refractivity contribution < 1.29 is 4.74 Å². The number of nitrogens with one attached hydrogen (secondary N) is 1. The van der Waals surface area contributed by atoms with Gasteiger partial charge in [-0.15, -0.1) is 0 Å². The highest BCUT2D eigenvalue weighted by Crippen LogP contribution is 2.10. The molecule has 1 atom stereocenters. The Bertz CT molecular complexity index is 280. The van der Waals surface area contributed by atoms with Crippen LogP contribution in [-0.2, 0) is 18.3 Å². The molecular formula is C9H16N4O. The molecule has 0 radical (unpaired) electrons. The van der Waals surface area contributed by atoms with Gasteiger partial charge in [0.05, 0.1) is 12.6 Å². The molecule has 1 fully saturated rings. The average Bonchev–Trinajstić information content (AvgIpc) is 2.77. The van der Waals surface area contributed by atoms with Gasteiger partial charge in [-0.1, -0.05) is 0 Å². The van der Waals surface area contributed by atoms with Gasteiger partial charge >= 0.3 is 0 Å². The molecule has 2 heterocycles. The van der Waals surface area contributed by atoms with Gasteiger partial charge in [-0.05, 0) is 12.8 Å². The number of hydrogen-bond donors (Lipinski definition) is 1. The molecule has 1 aromatic heterocycles. The van der Waals surface area contributed by atoms with Crippen LogP contribution in [0.25, 0.3) is 0 Å². The van der Waals surface area contributed by atoms with Crippen molar-refractivity contribution in [2.24, 2.45) is 7.05 Å². The van der Waals surface area contributed by atoms with Crippen molar-refractivity contribution >= 4 is 0 Å². The van der Waals surface area contributed by atoms with Crippen LogP contribution in [0.1, 0.15) is 18.7 Å². The monoisotopic (exact) mass is 196 g/mol. The van der Waals surface area contributed by atoms with E-state index in [2.05, 4.69) is 15.4 Å². The number of hydrogen-bond acceptors (Lipinski definition) is 4. The number of aryl methyl sites for hydroxylation is 1. The van der Waals surface area contributed by atoms with E-state index in [1.54, 1.807) is 11.0 Å². The normalized spacial score (nSPS) is 21.6. The maximum Gasteiger partial charge on any atom is 0.164 e. The van der Waals surface area contributed by atoms with Crippen LogP contribution in [0.4, 0.5) is 0 Å². The smallest absolute Gasteiger partial charge is 0.164 e. The Hall–Kier alpha value is -0.940. The maximum absolute atomic E-state index is 5.49. The summed E-state index contributed by atoms with van der Waals surface area (Å²) < 4.78 is 7.20. The highest BCUT2D eigenvalue weighted by atomic mass is 16.5. The summed E-state index contributed by atoms with van der Waals surface area (Å²) in [5.74, 6) is 0.838. The summed E-state index contributed by atoms with van der Waals surface area (Å²) in [5, 5.41) is 7.47. The number of rotatable bonds is 4.